The first-order valence-corrected chi connectivity index (χ1v) is 12.6. The van der Waals surface area contributed by atoms with Crippen molar-refractivity contribution in [1.82, 2.24) is 15.0 Å². The van der Waals surface area contributed by atoms with Crippen molar-refractivity contribution in [3.05, 3.63) is 104 Å². The van der Waals surface area contributed by atoms with Crippen molar-refractivity contribution in [3.63, 3.8) is 0 Å². The van der Waals surface area contributed by atoms with Crippen molar-refractivity contribution < 1.29 is 19.4 Å². The molecule has 0 bridgehead atoms. The van der Waals surface area contributed by atoms with Gasteiger partial charge in [0.05, 0.1) is 19.8 Å². The number of hydrogen-bond donors (Lipinski definition) is 2. The number of amides is 1. The number of benzene rings is 3. The molecule has 2 heterocycles. The monoisotopic (exact) mass is 561 g/mol. The maximum atomic E-state index is 13.6. The number of carbonyl (C=O) groups is 2. The summed E-state index contributed by atoms with van der Waals surface area (Å²) in [6.45, 7) is 2.40. The standard InChI is InChI=1S/C28H24BrN3O5/c29-21-10-11-22-23(16-21)24(19-4-2-1-3-5-19)25(28(35)36)32(27(22)34)17-18-6-8-20(9-7-18)26(33)30-31-12-14-37-15-13-31/h1-11,16H,12-15,17H2,(H,30,33)(H,35,36). The molecule has 1 amide bonds. The Labute approximate surface area is 221 Å². The van der Waals surface area contributed by atoms with E-state index in [0.717, 1.165) is 4.47 Å². The van der Waals surface area contributed by atoms with Gasteiger partial charge in [-0.25, -0.2) is 9.80 Å². The maximum absolute atomic E-state index is 13.6. The van der Waals surface area contributed by atoms with Crippen LogP contribution in [0.3, 0.4) is 0 Å². The summed E-state index contributed by atoms with van der Waals surface area (Å²) in [5, 5.41) is 13.1. The van der Waals surface area contributed by atoms with Crippen molar-refractivity contribution in [2.75, 3.05) is 26.3 Å². The summed E-state index contributed by atoms with van der Waals surface area (Å²) in [5.74, 6) is -1.43. The molecule has 5 rings (SSSR count). The molecular weight excluding hydrogens is 538 g/mol. The van der Waals surface area contributed by atoms with Gasteiger partial charge in [0.25, 0.3) is 11.5 Å². The molecule has 1 fully saturated rings. The molecule has 8 nitrogen and oxygen atoms in total. The lowest BCUT2D eigenvalue weighted by molar-refractivity contribution is 0.0126. The smallest absolute Gasteiger partial charge is 0.353 e. The molecule has 1 saturated heterocycles. The van der Waals surface area contributed by atoms with E-state index in [4.69, 9.17) is 4.74 Å². The van der Waals surface area contributed by atoms with Crippen LogP contribution >= 0.6 is 15.9 Å². The quantitative estimate of drug-likeness (QED) is 0.366. The van der Waals surface area contributed by atoms with Gasteiger partial charge in [-0.3, -0.25) is 19.6 Å². The van der Waals surface area contributed by atoms with Crippen molar-refractivity contribution in [3.8, 4) is 11.1 Å². The van der Waals surface area contributed by atoms with E-state index in [1.165, 1.54) is 4.57 Å². The molecule has 1 aromatic heterocycles. The second-order valence-electron chi connectivity index (χ2n) is 8.71. The summed E-state index contributed by atoms with van der Waals surface area (Å²) >= 11 is 3.45. The highest BCUT2D eigenvalue weighted by Crippen LogP contribution is 2.32. The Bertz CT molecular complexity index is 1530. The number of carboxylic acids is 1. The highest BCUT2D eigenvalue weighted by molar-refractivity contribution is 9.10. The largest absolute Gasteiger partial charge is 0.477 e. The number of carbonyl (C=O) groups excluding carboxylic acids is 1. The van der Waals surface area contributed by atoms with E-state index >= 15 is 0 Å². The Hall–Kier alpha value is -3.79. The number of pyridine rings is 1. The molecule has 0 radical (unpaired) electrons. The molecule has 188 valence electrons. The predicted octanol–water partition coefficient (Wildman–Crippen LogP) is 4.15. The van der Waals surface area contributed by atoms with Gasteiger partial charge in [-0.15, -0.1) is 0 Å². The van der Waals surface area contributed by atoms with E-state index in [2.05, 4.69) is 21.4 Å². The van der Waals surface area contributed by atoms with Gasteiger partial charge in [-0.05, 0) is 46.8 Å². The lowest BCUT2D eigenvalue weighted by Crippen LogP contribution is -2.48. The third kappa shape index (κ3) is 5.20. The van der Waals surface area contributed by atoms with Crippen LogP contribution in [0, 0.1) is 0 Å². The summed E-state index contributed by atoms with van der Waals surface area (Å²) in [6, 6.07) is 21.3. The summed E-state index contributed by atoms with van der Waals surface area (Å²) in [4.78, 5) is 38.8. The van der Waals surface area contributed by atoms with Crippen LogP contribution in [0.2, 0.25) is 0 Å². The molecule has 0 spiro atoms. The minimum Gasteiger partial charge on any atom is -0.477 e. The highest BCUT2D eigenvalue weighted by atomic mass is 79.9. The fourth-order valence-electron chi connectivity index (χ4n) is 4.52. The first-order chi connectivity index (χ1) is 17.9. The van der Waals surface area contributed by atoms with Crippen molar-refractivity contribution >= 4 is 38.6 Å². The Morgan fingerprint density at radius 1 is 0.946 bits per heavy atom. The second kappa shape index (κ2) is 10.7. The van der Waals surface area contributed by atoms with Crippen LogP contribution in [0.4, 0.5) is 0 Å². The van der Waals surface area contributed by atoms with Crippen LogP contribution in [0.1, 0.15) is 26.4 Å². The Morgan fingerprint density at radius 2 is 1.65 bits per heavy atom. The number of morpholine rings is 1. The van der Waals surface area contributed by atoms with Crippen LogP contribution in [0.5, 0.6) is 0 Å². The number of nitrogens with one attached hydrogen (secondary N) is 1. The van der Waals surface area contributed by atoms with Gasteiger partial charge in [0.2, 0.25) is 0 Å². The molecule has 0 aliphatic carbocycles. The Balaban J connectivity index is 1.55. The number of hydrazine groups is 1. The minimum absolute atomic E-state index is 0.0394. The maximum Gasteiger partial charge on any atom is 0.353 e. The van der Waals surface area contributed by atoms with E-state index in [-0.39, 0.29) is 18.1 Å². The molecule has 0 unspecified atom stereocenters. The molecular formula is C28H24BrN3O5. The zero-order valence-corrected chi connectivity index (χ0v) is 21.4. The molecule has 0 atom stereocenters. The number of hydrogen-bond acceptors (Lipinski definition) is 5. The molecule has 1 aliphatic rings. The Morgan fingerprint density at radius 3 is 2.32 bits per heavy atom. The number of nitrogens with zero attached hydrogens (tertiary/aromatic N) is 2. The zero-order chi connectivity index (χ0) is 25.9. The molecule has 0 saturated carbocycles. The topological polar surface area (TPSA) is 101 Å². The molecule has 2 N–H and O–H groups in total. The first kappa shape index (κ1) is 24.9. The number of aromatic nitrogens is 1. The van der Waals surface area contributed by atoms with E-state index in [9.17, 15) is 19.5 Å². The normalized spacial score (nSPS) is 14.0. The van der Waals surface area contributed by atoms with Crippen LogP contribution < -0.4 is 11.0 Å². The van der Waals surface area contributed by atoms with Gasteiger partial charge in [0.15, 0.2) is 0 Å². The van der Waals surface area contributed by atoms with Crippen molar-refractivity contribution in [2.24, 2.45) is 0 Å². The number of ether oxygens (including phenoxy) is 1. The van der Waals surface area contributed by atoms with Crippen LogP contribution in [0.25, 0.3) is 21.9 Å². The third-order valence-corrected chi connectivity index (χ3v) is 6.82. The predicted molar refractivity (Wildman–Crippen MR) is 144 cm³/mol. The third-order valence-electron chi connectivity index (χ3n) is 6.33. The summed E-state index contributed by atoms with van der Waals surface area (Å²) in [7, 11) is 0. The summed E-state index contributed by atoms with van der Waals surface area (Å²) < 4.78 is 7.34. The lowest BCUT2D eigenvalue weighted by atomic mass is 9.96. The molecule has 9 heteroatoms. The van der Waals surface area contributed by atoms with Gasteiger partial charge in [0.1, 0.15) is 5.69 Å². The van der Waals surface area contributed by atoms with Crippen molar-refractivity contribution in [2.45, 2.75) is 6.54 Å². The lowest BCUT2D eigenvalue weighted by Gasteiger charge is -2.26. The highest BCUT2D eigenvalue weighted by Gasteiger charge is 2.23. The fourth-order valence-corrected chi connectivity index (χ4v) is 4.88. The van der Waals surface area contributed by atoms with Gasteiger partial charge in [-0.2, -0.15) is 0 Å². The molecule has 37 heavy (non-hydrogen) atoms. The number of carboxylic acid groups (broad SMARTS) is 1. The summed E-state index contributed by atoms with van der Waals surface area (Å²) in [5.41, 5.74) is 4.73. The van der Waals surface area contributed by atoms with E-state index in [0.29, 0.717) is 59.3 Å². The van der Waals surface area contributed by atoms with E-state index in [1.807, 2.05) is 35.3 Å². The van der Waals surface area contributed by atoms with Crippen LogP contribution in [-0.4, -0.2) is 52.9 Å². The van der Waals surface area contributed by atoms with Crippen LogP contribution in [-0.2, 0) is 11.3 Å². The number of rotatable bonds is 6. The van der Waals surface area contributed by atoms with Crippen molar-refractivity contribution in [1.29, 1.82) is 0 Å². The van der Waals surface area contributed by atoms with Gasteiger partial charge in [0, 0.05) is 34.1 Å². The number of fused-ring (bicyclic) bond motifs is 1. The van der Waals surface area contributed by atoms with Crippen LogP contribution in [0.15, 0.2) is 82.1 Å². The van der Waals surface area contributed by atoms with Gasteiger partial charge < -0.3 is 9.84 Å². The fraction of sp³-hybridized carbons (Fsp3) is 0.179. The van der Waals surface area contributed by atoms with E-state index < -0.39 is 11.5 Å². The first-order valence-electron chi connectivity index (χ1n) is 11.8. The van der Waals surface area contributed by atoms with Gasteiger partial charge in [-0.1, -0.05) is 58.4 Å². The second-order valence-corrected chi connectivity index (χ2v) is 9.63. The van der Waals surface area contributed by atoms with E-state index in [1.54, 1.807) is 42.5 Å². The molecule has 4 aromatic rings. The zero-order valence-electron chi connectivity index (χ0n) is 19.8. The Kier molecular flexibility index (Phi) is 7.18. The average molecular weight is 562 g/mol. The minimum atomic E-state index is -1.20. The number of halogens is 1. The summed E-state index contributed by atoms with van der Waals surface area (Å²) in [6.07, 6.45) is 0. The van der Waals surface area contributed by atoms with Gasteiger partial charge >= 0.3 is 5.97 Å². The SMILES string of the molecule is O=C(NN1CCOCC1)c1ccc(Cn2c(C(=O)O)c(-c3ccccc3)c3cc(Br)ccc3c2=O)cc1. The molecule has 1 aliphatic heterocycles. The number of aromatic carboxylic acids is 1. The average Bonchev–Trinajstić information content (AvgIpc) is 2.91. The molecule has 3 aromatic carbocycles.